The quantitative estimate of drug-likeness (QED) is 0.652. The lowest BCUT2D eigenvalue weighted by atomic mass is 10.2. The van der Waals surface area contributed by atoms with E-state index in [0.29, 0.717) is 0 Å². The molecule has 0 aliphatic rings. The van der Waals surface area contributed by atoms with Crippen LogP contribution in [0.15, 0.2) is 43.1 Å². The van der Waals surface area contributed by atoms with Crippen molar-refractivity contribution in [3.63, 3.8) is 0 Å². The second kappa shape index (κ2) is 6.42. The minimum atomic E-state index is 0.757. The molecule has 0 saturated heterocycles. The smallest absolute Gasteiger partial charge is 0.108 e. The maximum absolute atomic E-state index is 4.69. The van der Waals surface area contributed by atoms with E-state index in [1.165, 1.54) is 16.0 Å². The van der Waals surface area contributed by atoms with Crippen LogP contribution in [0.3, 0.4) is 0 Å². The Kier molecular flexibility index (Phi) is 4.36. The molecule has 3 rings (SSSR count). The Hall–Kier alpha value is -1.98. The summed E-state index contributed by atoms with van der Waals surface area (Å²) in [6.45, 7) is 8.36. The highest BCUT2D eigenvalue weighted by Gasteiger charge is 2.11. The number of para-hydroxylation sites is 1. The van der Waals surface area contributed by atoms with E-state index in [-0.39, 0.29) is 0 Å². The third-order valence-electron chi connectivity index (χ3n) is 3.69. The number of aromatic nitrogens is 3. The lowest BCUT2D eigenvalue weighted by Crippen LogP contribution is -2.17. The first-order chi connectivity index (χ1) is 10.7. The number of thiazole rings is 1. The lowest BCUT2D eigenvalue weighted by Gasteiger charge is -2.14. The maximum Gasteiger partial charge on any atom is 0.108 e. The van der Waals surface area contributed by atoms with Gasteiger partial charge in [0.1, 0.15) is 5.01 Å². The van der Waals surface area contributed by atoms with Crippen LogP contribution in [0.1, 0.15) is 16.3 Å². The van der Waals surface area contributed by atoms with E-state index < -0.39 is 0 Å². The molecule has 2 aromatic heterocycles. The third-order valence-corrected chi connectivity index (χ3v) is 4.71. The molecule has 0 fully saturated rings. The second-order valence-corrected chi connectivity index (χ2v) is 6.59. The Morgan fingerprint density at radius 2 is 2.14 bits per heavy atom. The van der Waals surface area contributed by atoms with E-state index in [2.05, 4.69) is 48.7 Å². The molecule has 0 aliphatic carbocycles. The van der Waals surface area contributed by atoms with E-state index in [9.17, 15) is 0 Å². The number of rotatable bonds is 6. The molecule has 0 saturated carbocycles. The molecule has 1 aromatic carbocycles. The fourth-order valence-electron chi connectivity index (χ4n) is 2.51. The van der Waals surface area contributed by atoms with Crippen molar-refractivity contribution < 1.29 is 0 Å². The summed E-state index contributed by atoms with van der Waals surface area (Å²) in [5.74, 6) is 0. The molecule has 2 heterocycles. The molecule has 0 amide bonds. The molecular formula is C17H20N4S. The Balaban J connectivity index is 1.69. The van der Waals surface area contributed by atoms with Crippen LogP contribution < -0.4 is 0 Å². The van der Waals surface area contributed by atoms with Crippen molar-refractivity contribution in [1.82, 2.24) is 19.7 Å². The number of allylic oxidation sites excluding steroid dienone is 1. The summed E-state index contributed by atoms with van der Waals surface area (Å²) in [4.78, 5) is 6.97. The van der Waals surface area contributed by atoms with Crippen LogP contribution >= 0.6 is 11.3 Å². The zero-order valence-corrected chi connectivity index (χ0v) is 13.8. The summed E-state index contributed by atoms with van der Waals surface area (Å²) in [6, 6.07) is 8.29. The molecule has 3 aromatic rings. The number of hydrogen-bond donors (Lipinski definition) is 0. The van der Waals surface area contributed by atoms with Crippen LogP contribution in [0, 0.1) is 6.92 Å². The van der Waals surface area contributed by atoms with Gasteiger partial charge >= 0.3 is 0 Å². The summed E-state index contributed by atoms with van der Waals surface area (Å²) in [7, 11) is 2.12. The van der Waals surface area contributed by atoms with Crippen LogP contribution in [-0.2, 0) is 19.6 Å². The van der Waals surface area contributed by atoms with Crippen molar-refractivity contribution in [1.29, 1.82) is 0 Å². The van der Waals surface area contributed by atoms with Gasteiger partial charge in [-0.25, -0.2) is 4.98 Å². The van der Waals surface area contributed by atoms with Gasteiger partial charge < -0.3 is 0 Å². The number of nitrogens with zero attached hydrogens (tertiary/aromatic N) is 4. The zero-order valence-electron chi connectivity index (χ0n) is 13.0. The number of fused-ring (bicyclic) bond motifs is 1. The van der Waals surface area contributed by atoms with Crippen molar-refractivity contribution >= 4 is 21.6 Å². The highest BCUT2D eigenvalue weighted by molar-refractivity contribution is 7.18. The molecule has 0 N–H and O–H groups in total. The van der Waals surface area contributed by atoms with Gasteiger partial charge in [-0.1, -0.05) is 18.2 Å². The Morgan fingerprint density at radius 1 is 1.32 bits per heavy atom. The highest BCUT2D eigenvalue weighted by Crippen LogP contribution is 2.23. The molecule has 0 unspecified atom stereocenters. The number of benzene rings is 1. The maximum atomic E-state index is 4.69. The molecule has 0 bridgehead atoms. The Labute approximate surface area is 134 Å². The summed E-state index contributed by atoms with van der Waals surface area (Å²) in [5, 5.41) is 5.56. The lowest BCUT2D eigenvalue weighted by molar-refractivity contribution is 0.318. The molecule has 5 heteroatoms. The van der Waals surface area contributed by atoms with E-state index >= 15 is 0 Å². The molecule has 4 nitrogen and oxygen atoms in total. The van der Waals surface area contributed by atoms with Gasteiger partial charge in [0.25, 0.3) is 0 Å². The minimum absolute atomic E-state index is 0.757. The van der Waals surface area contributed by atoms with Crippen molar-refractivity contribution in [2.75, 3.05) is 7.05 Å². The highest BCUT2D eigenvalue weighted by atomic mass is 32.1. The first kappa shape index (κ1) is 14.9. The van der Waals surface area contributed by atoms with Gasteiger partial charge in [-0.3, -0.25) is 9.58 Å². The van der Waals surface area contributed by atoms with Crippen molar-refractivity contribution in [2.24, 2.45) is 0 Å². The van der Waals surface area contributed by atoms with Crippen LogP contribution in [-0.4, -0.2) is 26.7 Å². The van der Waals surface area contributed by atoms with Crippen LogP contribution in [0.4, 0.5) is 0 Å². The van der Waals surface area contributed by atoms with Crippen LogP contribution in [0.25, 0.3) is 10.2 Å². The summed E-state index contributed by atoms with van der Waals surface area (Å²) < 4.78 is 3.23. The monoisotopic (exact) mass is 312 g/mol. The molecule has 0 aliphatic heterocycles. The fraction of sp³-hybridized carbons (Fsp3) is 0.294. The third kappa shape index (κ3) is 3.10. The summed E-state index contributed by atoms with van der Waals surface area (Å²) in [6.07, 6.45) is 3.82. The predicted octanol–water partition coefficient (Wildman–Crippen LogP) is 3.62. The topological polar surface area (TPSA) is 34.0 Å². The van der Waals surface area contributed by atoms with Gasteiger partial charge in [0, 0.05) is 17.8 Å². The van der Waals surface area contributed by atoms with Crippen molar-refractivity contribution in [3.05, 3.63) is 59.4 Å². The predicted molar refractivity (Wildman–Crippen MR) is 92.0 cm³/mol. The molecule has 22 heavy (non-hydrogen) atoms. The zero-order chi connectivity index (χ0) is 15.5. The van der Waals surface area contributed by atoms with Crippen molar-refractivity contribution in [2.45, 2.75) is 26.6 Å². The summed E-state index contributed by atoms with van der Waals surface area (Å²) >= 11 is 1.77. The van der Waals surface area contributed by atoms with E-state index in [1.54, 1.807) is 11.3 Å². The van der Waals surface area contributed by atoms with Gasteiger partial charge in [0.15, 0.2) is 0 Å². The first-order valence-corrected chi connectivity index (χ1v) is 8.14. The SMILES string of the molecule is C=CCn1ncc(CN(C)Cc2nc3ccccc3s2)c1C. The second-order valence-electron chi connectivity index (χ2n) is 5.47. The Morgan fingerprint density at radius 3 is 2.91 bits per heavy atom. The largest absolute Gasteiger partial charge is 0.295 e. The Bertz CT molecular complexity index is 754. The van der Waals surface area contributed by atoms with Gasteiger partial charge in [0.05, 0.1) is 29.5 Å². The van der Waals surface area contributed by atoms with Crippen LogP contribution in [0.5, 0.6) is 0 Å². The average molecular weight is 312 g/mol. The van der Waals surface area contributed by atoms with Gasteiger partial charge in [-0.2, -0.15) is 5.10 Å². The van der Waals surface area contributed by atoms with Crippen molar-refractivity contribution in [3.8, 4) is 0 Å². The van der Waals surface area contributed by atoms with Gasteiger partial charge in [0.2, 0.25) is 0 Å². The van der Waals surface area contributed by atoms with Gasteiger partial charge in [-0.15, -0.1) is 17.9 Å². The fourth-order valence-corrected chi connectivity index (χ4v) is 3.56. The molecule has 0 atom stereocenters. The van der Waals surface area contributed by atoms with Crippen LogP contribution in [0.2, 0.25) is 0 Å². The standard InChI is InChI=1S/C17H20N4S/c1-4-9-21-13(2)14(10-18-21)11-20(3)12-17-19-15-7-5-6-8-16(15)22-17/h4-8,10H,1,9,11-12H2,2-3H3. The van der Waals surface area contributed by atoms with E-state index in [1.807, 2.05) is 23.0 Å². The minimum Gasteiger partial charge on any atom is -0.295 e. The molecule has 114 valence electrons. The van der Waals surface area contributed by atoms with E-state index in [0.717, 1.165) is 30.2 Å². The number of hydrogen-bond acceptors (Lipinski definition) is 4. The molecular weight excluding hydrogens is 292 g/mol. The molecule has 0 radical (unpaired) electrons. The average Bonchev–Trinajstić information content (AvgIpc) is 3.05. The summed E-state index contributed by atoms with van der Waals surface area (Å²) in [5.41, 5.74) is 3.55. The van der Waals surface area contributed by atoms with Gasteiger partial charge in [-0.05, 0) is 26.1 Å². The molecule has 0 spiro atoms. The van der Waals surface area contributed by atoms with E-state index in [4.69, 9.17) is 4.98 Å². The first-order valence-electron chi connectivity index (χ1n) is 7.32. The normalized spacial score (nSPS) is 11.4.